The van der Waals surface area contributed by atoms with Gasteiger partial charge in [-0.15, -0.1) is 0 Å². The van der Waals surface area contributed by atoms with Crippen LogP contribution in [0.15, 0.2) is 54.6 Å². The fourth-order valence-electron chi connectivity index (χ4n) is 2.13. The normalized spacial score (nSPS) is 10.6. The maximum Gasteiger partial charge on any atom is 0.319 e. The van der Waals surface area contributed by atoms with Gasteiger partial charge in [0.25, 0.3) is 0 Å². The zero-order chi connectivity index (χ0) is 16.0. The molecule has 0 saturated heterocycles. The highest BCUT2D eigenvalue weighted by atomic mass is 16.2. The maximum absolute atomic E-state index is 12.0. The van der Waals surface area contributed by atoms with Crippen LogP contribution in [0.4, 0.5) is 10.5 Å². The molecule has 2 aromatic rings. The number of nitrogens with zero attached hydrogens (tertiary/aromatic N) is 1. The molecule has 4 nitrogen and oxygen atoms in total. The Morgan fingerprint density at radius 3 is 2.55 bits per heavy atom. The van der Waals surface area contributed by atoms with Crippen molar-refractivity contribution in [2.24, 2.45) is 0 Å². The molecule has 0 atom stereocenters. The Kier molecular flexibility index (Phi) is 4.80. The summed E-state index contributed by atoms with van der Waals surface area (Å²) >= 11 is 0. The third-order valence-electron chi connectivity index (χ3n) is 3.50. The molecule has 0 unspecified atom stereocenters. The molecule has 2 aromatic carbocycles. The molecular weight excluding hydrogens is 274 g/mol. The second-order valence-electron chi connectivity index (χ2n) is 5.75. The van der Waals surface area contributed by atoms with Crippen LogP contribution in [-0.4, -0.2) is 12.6 Å². The van der Waals surface area contributed by atoms with E-state index in [0.29, 0.717) is 17.8 Å². The van der Waals surface area contributed by atoms with Crippen LogP contribution in [0.5, 0.6) is 0 Å². The lowest BCUT2D eigenvalue weighted by molar-refractivity contribution is 0.249. The van der Waals surface area contributed by atoms with Gasteiger partial charge in [-0.1, -0.05) is 50.2 Å². The van der Waals surface area contributed by atoms with Gasteiger partial charge in [-0.25, -0.2) is 4.79 Å². The van der Waals surface area contributed by atoms with E-state index < -0.39 is 0 Å². The number of anilines is 1. The van der Waals surface area contributed by atoms with E-state index in [1.807, 2.05) is 24.3 Å². The molecule has 2 amide bonds. The van der Waals surface area contributed by atoms with E-state index in [2.05, 4.69) is 36.6 Å². The van der Waals surface area contributed by atoms with Gasteiger partial charge < -0.3 is 10.6 Å². The van der Waals surface area contributed by atoms with E-state index in [9.17, 15) is 4.79 Å². The SMILES string of the molecule is CC(C)(CNC(=O)Nc1cccc(C#N)c1)c1ccccc1. The molecular formula is C18H19N3O. The Bertz CT molecular complexity index is 687. The first kappa shape index (κ1) is 15.6. The van der Waals surface area contributed by atoms with Crippen molar-refractivity contribution in [3.8, 4) is 6.07 Å². The minimum absolute atomic E-state index is 0.160. The van der Waals surface area contributed by atoms with Gasteiger partial charge in [0.1, 0.15) is 0 Å². The first-order valence-corrected chi connectivity index (χ1v) is 7.12. The lowest BCUT2D eigenvalue weighted by Gasteiger charge is -2.25. The predicted octanol–water partition coefficient (Wildman–Crippen LogP) is 3.66. The number of hydrogen-bond donors (Lipinski definition) is 2. The molecule has 0 fully saturated rings. The van der Waals surface area contributed by atoms with Gasteiger partial charge in [0.2, 0.25) is 0 Å². The summed E-state index contributed by atoms with van der Waals surface area (Å²) < 4.78 is 0. The molecule has 0 radical (unpaired) electrons. The zero-order valence-corrected chi connectivity index (χ0v) is 12.8. The van der Waals surface area contributed by atoms with E-state index in [1.165, 1.54) is 5.56 Å². The standard InChI is InChI=1S/C18H19N3O/c1-18(2,15-8-4-3-5-9-15)13-20-17(22)21-16-10-6-7-14(11-16)12-19/h3-11H,13H2,1-2H3,(H2,20,21,22). The molecule has 0 aromatic heterocycles. The third kappa shape index (κ3) is 4.10. The molecule has 112 valence electrons. The Balaban J connectivity index is 1.94. The van der Waals surface area contributed by atoms with E-state index >= 15 is 0 Å². The van der Waals surface area contributed by atoms with Crippen LogP contribution in [0, 0.1) is 11.3 Å². The summed E-state index contributed by atoms with van der Waals surface area (Å²) in [7, 11) is 0. The van der Waals surface area contributed by atoms with E-state index in [-0.39, 0.29) is 11.4 Å². The average Bonchev–Trinajstić information content (AvgIpc) is 2.54. The van der Waals surface area contributed by atoms with Crippen molar-refractivity contribution in [1.29, 1.82) is 5.26 Å². The van der Waals surface area contributed by atoms with Gasteiger partial charge >= 0.3 is 6.03 Å². The summed E-state index contributed by atoms with van der Waals surface area (Å²) in [6, 6.07) is 18.7. The Morgan fingerprint density at radius 2 is 1.86 bits per heavy atom. The fourth-order valence-corrected chi connectivity index (χ4v) is 2.13. The number of carbonyl (C=O) groups excluding carboxylic acids is 1. The van der Waals surface area contributed by atoms with E-state index in [0.717, 1.165) is 0 Å². The first-order chi connectivity index (χ1) is 10.5. The zero-order valence-electron chi connectivity index (χ0n) is 12.8. The van der Waals surface area contributed by atoms with E-state index in [1.54, 1.807) is 24.3 Å². The average molecular weight is 293 g/mol. The van der Waals surface area contributed by atoms with Crippen LogP contribution in [-0.2, 0) is 5.41 Å². The van der Waals surface area contributed by atoms with Crippen molar-refractivity contribution in [2.45, 2.75) is 19.3 Å². The van der Waals surface area contributed by atoms with Gasteiger partial charge in [-0.05, 0) is 23.8 Å². The minimum atomic E-state index is -0.279. The highest BCUT2D eigenvalue weighted by molar-refractivity contribution is 5.89. The molecule has 0 saturated carbocycles. The fraction of sp³-hybridized carbons (Fsp3) is 0.222. The van der Waals surface area contributed by atoms with Crippen LogP contribution in [0.3, 0.4) is 0 Å². The largest absolute Gasteiger partial charge is 0.337 e. The molecule has 0 aliphatic rings. The van der Waals surface area contributed by atoms with Crippen LogP contribution in [0.2, 0.25) is 0 Å². The number of urea groups is 1. The lowest BCUT2D eigenvalue weighted by atomic mass is 9.85. The quantitative estimate of drug-likeness (QED) is 0.903. The summed E-state index contributed by atoms with van der Waals surface area (Å²) in [5, 5.41) is 14.5. The summed E-state index contributed by atoms with van der Waals surface area (Å²) in [6.07, 6.45) is 0. The van der Waals surface area contributed by atoms with Gasteiger partial charge in [-0.2, -0.15) is 5.26 Å². The number of rotatable bonds is 4. The van der Waals surface area contributed by atoms with Crippen LogP contribution in [0.1, 0.15) is 25.0 Å². The van der Waals surface area contributed by atoms with Crippen molar-refractivity contribution in [1.82, 2.24) is 5.32 Å². The number of amides is 2. The summed E-state index contributed by atoms with van der Waals surface area (Å²) in [6.45, 7) is 4.68. The number of nitrogens with one attached hydrogen (secondary N) is 2. The number of carbonyl (C=O) groups is 1. The third-order valence-corrected chi connectivity index (χ3v) is 3.50. The first-order valence-electron chi connectivity index (χ1n) is 7.12. The minimum Gasteiger partial charge on any atom is -0.337 e. The Labute approximate surface area is 130 Å². The second-order valence-corrected chi connectivity index (χ2v) is 5.75. The van der Waals surface area contributed by atoms with Crippen molar-refractivity contribution in [2.75, 3.05) is 11.9 Å². The molecule has 0 aliphatic heterocycles. The molecule has 4 heteroatoms. The number of hydrogen-bond acceptors (Lipinski definition) is 2. The van der Waals surface area contributed by atoms with E-state index in [4.69, 9.17) is 5.26 Å². The number of benzene rings is 2. The molecule has 22 heavy (non-hydrogen) atoms. The molecule has 2 rings (SSSR count). The molecule has 0 spiro atoms. The second kappa shape index (κ2) is 6.77. The molecule has 0 heterocycles. The van der Waals surface area contributed by atoms with Gasteiger partial charge in [0.15, 0.2) is 0 Å². The Hall–Kier alpha value is -2.80. The van der Waals surface area contributed by atoms with Crippen LogP contribution < -0.4 is 10.6 Å². The van der Waals surface area contributed by atoms with Gasteiger partial charge in [-0.3, -0.25) is 0 Å². The lowest BCUT2D eigenvalue weighted by Crippen LogP contribution is -2.38. The summed E-state index contributed by atoms with van der Waals surface area (Å²) in [5.74, 6) is 0. The van der Waals surface area contributed by atoms with Crippen molar-refractivity contribution < 1.29 is 4.79 Å². The molecule has 2 N–H and O–H groups in total. The van der Waals surface area contributed by atoms with Crippen LogP contribution >= 0.6 is 0 Å². The molecule has 0 bridgehead atoms. The predicted molar refractivity (Wildman–Crippen MR) is 87.6 cm³/mol. The van der Waals surface area contributed by atoms with Gasteiger partial charge in [0.05, 0.1) is 11.6 Å². The highest BCUT2D eigenvalue weighted by Gasteiger charge is 2.20. The van der Waals surface area contributed by atoms with Gasteiger partial charge in [0, 0.05) is 17.6 Å². The van der Waals surface area contributed by atoms with Crippen molar-refractivity contribution in [3.05, 3.63) is 65.7 Å². The monoisotopic (exact) mass is 293 g/mol. The molecule has 0 aliphatic carbocycles. The maximum atomic E-state index is 12.0. The summed E-state index contributed by atoms with van der Waals surface area (Å²) in [4.78, 5) is 12.0. The topological polar surface area (TPSA) is 64.9 Å². The summed E-state index contributed by atoms with van der Waals surface area (Å²) in [5.41, 5.74) is 2.13. The smallest absolute Gasteiger partial charge is 0.319 e. The van der Waals surface area contributed by atoms with Crippen molar-refractivity contribution in [3.63, 3.8) is 0 Å². The van der Waals surface area contributed by atoms with Crippen LogP contribution in [0.25, 0.3) is 0 Å². The Morgan fingerprint density at radius 1 is 1.14 bits per heavy atom. The van der Waals surface area contributed by atoms with Crippen molar-refractivity contribution >= 4 is 11.7 Å². The number of nitriles is 1. The highest BCUT2D eigenvalue weighted by Crippen LogP contribution is 2.21.